The molecular weight excluding hydrogens is 549 g/mol. The third kappa shape index (κ3) is 3.00. The molecule has 5 heterocycles. The highest BCUT2D eigenvalue weighted by molar-refractivity contribution is 6.38. The van der Waals surface area contributed by atoms with Crippen LogP contribution in [0.1, 0.15) is 22.8 Å². The molecule has 0 aliphatic carbocycles. The summed E-state index contributed by atoms with van der Waals surface area (Å²) in [6, 6.07) is 22.4. The van der Waals surface area contributed by atoms with Gasteiger partial charge in [-0.1, -0.05) is 83.9 Å². The van der Waals surface area contributed by atoms with Gasteiger partial charge in [0, 0.05) is 30.5 Å². The zero-order chi connectivity index (χ0) is 27.2. The van der Waals surface area contributed by atoms with E-state index in [0.717, 1.165) is 38.9 Å². The molecule has 3 aromatic heterocycles. The number of rotatable bonds is 3. The van der Waals surface area contributed by atoms with E-state index in [1.165, 1.54) is 0 Å². The molecule has 0 fully saturated rings. The molecule has 0 N–H and O–H groups in total. The minimum atomic E-state index is -0.806. The van der Waals surface area contributed by atoms with Crippen LogP contribution in [0.15, 0.2) is 75.6 Å². The number of methoxy groups -OCH3 is 1. The third-order valence-corrected chi connectivity index (χ3v) is 8.54. The number of fused-ring (bicyclic) bond motifs is 7. The van der Waals surface area contributed by atoms with E-state index in [1.807, 2.05) is 41.8 Å². The van der Waals surface area contributed by atoms with Gasteiger partial charge in [-0.15, -0.1) is 0 Å². The lowest BCUT2D eigenvalue weighted by molar-refractivity contribution is 0.135. The molecule has 0 spiro atoms. The van der Waals surface area contributed by atoms with Crippen LogP contribution in [0.2, 0.25) is 10.3 Å². The molecule has 0 saturated carbocycles. The standard InChI is InChI=1S/C31H21Cl2N3O4/c1-16-34-24-27(39-16)31(17-8-4-3-5-9-17)14-38-25-19(11-6-12-20(25)31)18-10-7-13-21-22(18)23(29(33)36(21)15-37-2)26-28(32)35-30(24)40-26/h3-13H,14-15H2,1-2H3/t31-/m1/s1. The Morgan fingerprint density at radius 3 is 2.58 bits per heavy atom. The van der Waals surface area contributed by atoms with Crippen molar-refractivity contribution in [3.63, 3.8) is 0 Å². The average molecular weight is 570 g/mol. The number of ether oxygens (including phenoxy) is 2. The fourth-order valence-electron chi connectivity index (χ4n) is 6.26. The largest absolute Gasteiger partial charge is 0.491 e. The highest BCUT2D eigenvalue weighted by atomic mass is 35.5. The maximum atomic E-state index is 7.05. The molecule has 0 radical (unpaired) electrons. The molecule has 2 aliphatic rings. The highest BCUT2D eigenvalue weighted by Crippen LogP contribution is 2.56. The van der Waals surface area contributed by atoms with E-state index in [0.29, 0.717) is 40.4 Å². The fourth-order valence-corrected chi connectivity index (χ4v) is 6.79. The quantitative estimate of drug-likeness (QED) is 0.216. The summed E-state index contributed by atoms with van der Waals surface area (Å²) in [5, 5.41) is 1.47. The molecule has 0 amide bonds. The van der Waals surface area contributed by atoms with Crippen molar-refractivity contribution in [2.45, 2.75) is 19.1 Å². The Bertz CT molecular complexity index is 1970. The maximum Gasteiger partial charge on any atom is 0.250 e. The summed E-state index contributed by atoms with van der Waals surface area (Å²) in [5.41, 5.74) is 4.97. The summed E-state index contributed by atoms with van der Waals surface area (Å²) in [7, 11) is 1.63. The van der Waals surface area contributed by atoms with E-state index >= 15 is 0 Å². The predicted molar refractivity (Wildman–Crippen MR) is 152 cm³/mol. The van der Waals surface area contributed by atoms with Gasteiger partial charge in [0.1, 0.15) is 29.7 Å². The zero-order valence-electron chi connectivity index (χ0n) is 21.5. The summed E-state index contributed by atoms with van der Waals surface area (Å²) in [4.78, 5) is 9.40. The van der Waals surface area contributed by atoms with Crippen LogP contribution in [0.3, 0.4) is 0 Å². The molecule has 1 atom stereocenters. The second kappa shape index (κ2) is 8.48. The van der Waals surface area contributed by atoms with Crippen molar-refractivity contribution in [3.05, 3.63) is 99.8 Å². The molecule has 9 heteroatoms. The van der Waals surface area contributed by atoms with E-state index in [2.05, 4.69) is 41.4 Å². The van der Waals surface area contributed by atoms with Crippen molar-refractivity contribution >= 4 is 34.1 Å². The Kier molecular flexibility index (Phi) is 5.05. The van der Waals surface area contributed by atoms with E-state index in [9.17, 15) is 0 Å². The number of aryl methyl sites for hydroxylation is 1. The zero-order valence-corrected chi connectivity index (χ0v) is 23.0. The van der Waals surface area contributed by atoms with Crippen molar-refractivity contribution in [1.29, 1.82) is 0 Å². The van der Waals surface area contributed by atoms with Gasteiger partial charge in [0.25, 0.3) is 5.89 Å². The lowest BCUT2D eigenvalue weighted by Gasteiger charge is -2.27. The number of halogens is 2. The monoisotopic (exact) mass is 569 g/mol. The smallest absolute Gasteiger partial charge is 0.250 e. The van der Waals surface area contributed by atoms with Crippen LogP contribution in [-0.4, -0.2) is 28.3 Å². The van der Waals surface area contributed by atoms with Gasteiger partial charge in [-0.05, 0) is 17.2 Å². The summed E-state index contributed by atoms with van der Waals surface area (Å²) >= 11 is 13.9. The van der Waals surface area contributed by atoms with Crippen molar-refractivity contribution < 1.29 is 18.3 Å². The summed E-state index contributed by atoms with van der Waals surface area (Å²) in [6.45, 7) is 2.36. The number of nitrogens with zero attached hydrogens (tertiary/aromatic N) is 3. The van der Waals surface area contributed by atoms with Gasteiger partial charge in [0.2, 0.25) is 0 Å². The summed E-state index contributed by atoms with van der Waals surface area (Å²) in [5.74, 6) is 2.43. The minimum Gasteiger partial charge on any atom is -0.491 e. The SMILES string of the molecule is COCn1c(Cl)c2c3c(cccc31)-c1cccc3c1OC[C@]3(c1ccccc1)c1oc(C)nc1-c1nc(Cl)c-2o1. The molecule has 7 nitrogen and oxygen atoms in total. The van der Waals surface area contributed by atoms with E-state index < -0.39 is 5.41 Å². The van der Waals surface area contributed by atoms with Crippen LogP contribution in [0.4, 0.5) is 0 Å². The molecule has 6 bridgehead atoms. The second-order valence-electron chi connectivity index (χ2n) is 10.0. The maximum absolute atomic E-state index is 7.05. The second-order valence-corrected chi connectivity index (χ2v) is 10.7. The lowest BCUT2D eigenvalue weighted by Crippen LogP contribution is -2.31. The molecule has 0 saturated heterocycles. The first-order chi connectivity index (χ1) is 19.5. The number of benzene rings is 3. The molecule has 2 aliphatic heterocycles. The molecule has 6 aromatic rings. The van der Waals surface area contributed by atoms with Gasteiger partial charge in [-0.25, -0.2) is 4.98 Å². The first-order valence-corrected chi connectivity index (χ1v) is 13.6. The van der Waals surface area contributed by atoms with Crippen LogP contribution in [-0.2, 0) is 16.9 Å². The van der Waals surface area contributed by atoms with Crippen LogP contribution < -0.4 is 4.74 Å². The van der Waals surface area contributed by atoms with Crippen LogP contribution in [0, 0.1) is 6.92 Å². The topological polar surface area (TPSA) is 75.5 Å². The number of hydrogen-bond donors (Lipinski definition) is 0. The number of oxazole rings is 2. The lowest BCUT2D eigenvalue weighted by atomic mass is 9.73. The van der Waals surface area contributed by atoms with Crippen LogP contribution in [0.5, 0.6) is 5.75 Å². The van der Waals surface area contributed by atoms with E-state index in [-0.39, 0.29) is 17.8 Å². The fraction of sp³-hybridized carbons (Fsp3) is 0.161. The Labute approximate surface area is 238 Å². The summed E-state index contributed by atoms with van der Waals surface area (Å²) in [6.07, 6.45) is 0. The third-order valence-electron chi connectivity index (χ3n) is 7.89. The van der Waals surface area contributed by atoms with E-state index in [1.54, 1.807) is 7.11 Å². The number of aromatic nitrogens is 3. The van der Waals surface area contributed by atoms with Gasteiger partial charge in [0.05, 0.1) is 11.1 Å². The molecule has 198 valence electrons. The predicted octanol–water partition coefficient (Wildman–Crippen LogP) is 7.88. The van der Waals surface area contributed by atoms with Gasteiger partial charge >= 0.3 is 0 Å². The van der Waals surface area contributed by atoms with E-state index in [4.69, 9.17) is 46.5 Å². The highest BCUT2D eigenvalue weighted by Gasteiger charge is 2.50. The Hall–Kier alpha value is -4.04. The molecule has 3 aromatic carbocycles. The minimum absolute atomic E-state index is 0.180. The van der Waals surface area contributed by atoms with Gasteiger partial charge < -0.3 is 22.9 Å². The Morgan fingerprint density at radius 2 is 1.75 bits per heavy atom. The van der Waals surface area contributed by atoms with Gasteiger partial charge in [-0.2, -0.15) is 4.98 Å². The van der Waals surface area contributed by atoms with Crippen LogP contribution in [0.25, 0.3) is 44.9 Å². The normalized spacial score (nSPS) is 16.9. The van der Waals surface area contributed by atoms with Crippen molar-refractivity contribution in [1.82, 2.24) is 14.5 Å². The molecule has 40 heavy (non-hydrogen) atoms. The van der Waals surface area contributed by atoms with Crippen molar-refractivity contribution in [2.24, 2.45) is 0 Å². The number of hydrogen-bond acceptors (Lipinski definition) is 6. The first-order valence-electron chi connectivity index (χ1n) is 12.8. The first kappa shape index (κ1) is 23.8. The molecular formula is C31H21Cl2N3O4. The van der Waals surface area contributed by atoms with Gasteiger partial charge in [-0.3, -0.25) is 0 Å². The molecule has 8 rings (SSSR count). The molecule has 0 unspecified atom stereocenters. The average Bonchev–Trinajstić information content (AvgIpc) is 3.72. The summed E-state index contributed by atoms with van der Waals surface area (Å²) < 4.78 is 26.9. The van der Waals surface area contributed by atoms with Crippen LogP contribution >= 0.6 is 23.2 Å². The van der Waals surface area contributed by atoms with Crippen molar-refractivity contribution in [2.75, 3.05) is 13.7 Å². The Morgan fingerprint density at radius 1 is 0.950 bits per heavy atom. The number of para-hydroxylation sites is 1. The Balaban J connectivity index is 1.59. The van der Waals surface area contributed by atoms with Crippen molar-refractivity contribution in [3.8, 4) is 39.8 Å². The van der Waals surface area contributed by atoms with Gasteiger partial charge in [0.15, 0.2) is 28.3 Å².